The summed E-state index contributed by atoms with van der Waals surface area (Å²) in [4.78, 5) is 4.22. The van der Waals surface area contributed by atoms with E-state index in [2.05, 4.69) is 10.1 Å². The number of benzene rings is 1. The summed E-state index contributed by atoms with van der Waals surface area (Å²) in [6.07, 6.45) is -2.71. The van der Waals surface area contributed by atoms with Gasteiger partial charge >= 0.3 is 6.18 Å². The lowest BCUT2D eigenvalue weighted by atomic mass is 10.1. The quantitative estimate of drug-likeness (QED) is 0.678. The number of halogens is 4. The molecule has 102 valence electrons. The van der Waals surface area contributed by atoms with Crippen LogP contribution in [0.5, 0.6) is 0 Å². The number of aromatic nitrogens is 3. The van der Waals surface area contributed by atoms with Crippen LogP contribution in [0.4, 0.5) is 13.2 Å². The molecule has 20 heavy (non-hydrogen) atoms. The minimum atomic E-state index is -4.35. The van der Waals surface area contributed by atoms with Crippen molar-refractivity contribution in [3.63, 3.8) is 0 Å². The van der Waals surface area contributed by atoms with Gasteiger partial charge in [-0.15, -0.1) is 5.10 Å². The van der Waals surface area contributed by atoms with E-state index in [-0.39, 0.29) is 0 Å². The molecule has 0 radical (unpaired) electrons. The molecular formula is C13H7ClF3N3. The molecule has 0 aliphatic rings. The second-order valence-electron chi connectivity index (χ2n) is 4.16. The van der Waals surface area contributed by atoms with E-state index in [1.54, 1.807) is 18.3 Å². The van der Waals surface area contributed by atoms with Crippen molar-refractivity contribution in [1.82, 2.24) is 14.6 Å². The van der Waals surface area contributed by atoms with Gasteiger partial charge in [-0.25, -0.2) is 9.50 Å². The molecule has 2 heterocycles. The Morgan fingerprint density at radius 3 is 2.40 bits per heavy atom. The normalized spacial score (nSPS) is 12.0. The van der Waals surface area contributed by atoms with Crippen LogP contribution in [0.15, 0.2) is 42.6 Å². The molecule has 3 nitrogen and oxygen atoms in total. The summed E-state index contributed by atoms with van der Waals surface area (Å²) in [5.74, 6) is 0.348. The van der Waals surface area contributed by atoms with Crippen LogP contribution in [0, 0.1) is 0 Å². The minimum absolute atomic E-state index is 0.348. The average molecular weight is 298 g/mol. The van der Waals surface area contributed by atoms with Crippen LogP contribution in [0.3, 0.4) is 0 Å². The van der Waals surface area contributed by atoms with E-state index in [9.17, 15) is 13.2 Å². The standard InChI is InChI=1S/C13H7ClF3N3/c14-10-5-6-20-11(7-10)18-12(19-20)8-1-3-9(4-2-8)13(15,16)17/h1-7H. The maximum Gasteiger partial charge on any atom is 0.416 e. The predicted octanol–water partition coefficient (Wildman–Crippen LogP) is 4.07. The van der Waals surface area contributed by atoms with E-state index in [0.29, 0.717) is 22.1 Å². The Balaban J connectivity index is 2.02. The van der Waals surface area contributed by atoms with Crippen molar-refractivity contribution in [3.8, 4) is 11.4 Å². The topological polar surface area (TPSA) is 30.2 Å². The highest BCUT2D eigenvalue weighted by Crippen LogP contribution is 2.30. The Kier molecular flexibility index (Phi) is 2.90. The van der Waals surface area contributed by atoms with Crippen molar-refractivity contribution in [2.45, 2.75) is 6.18 Å². The second-order valence-corrected chi connectivity index (χ2v) is 4.59. The zero-order valence-electron chi connectivity index (χ0n) is 9.89. The maximum atomic E-state index is 12.5. The largest absolute Gasteiger partial charge is 0.416 e. The summed E-state index contributed by atoms with van der Waals surface area (Å²) in [7, 11) is 0. The molecule has 3 aromatic rings. The lowest BCUT2D eigenvalue weighted by molar-refractivity contribution is -0.137. The summed E-state index contributed by atoms with van der Waals surface area (Å²) in [6.45, 7) is 0. The van der Waals surface area contributed by atoms with Crippen LogP contribution in [0.2, 0.25) is 5.02 Å². The first-order chi connectivity index (χ1) is 9.43. The Labute approximate surface area is 116 Å². The highest BCUT2D eigenvalue weighted by atomic mass is 35.5. The van der Waals surface area contributed by atoms with E-state index < -0.39 is 11.7 Å². The second kappa shape index (κ2) is 4.49. The van der Waals surface area contributed by atoms with E-state index in [4.69, 9.17) is 11.6 Å². The molecule has 0 saturated heterocycles. The molecular weight excluding hydrogens is 291 g/mol. The predicted molar refractivity (Wildman–Crippen MR) is 68.4 cm³/mol. The van der Waals surface area contributed by atoms with Gasteiger partial charge in [0, 0.05) is 22.8 Å². The Morgan fingerprint density at radius 2 is 1.75 bits per heavy atom. The summed E-state index contributed by atoms with van der Waals surface area (Å²) >= 11 is 5.84. The molecule has 0 aliphatic carbocycles. The number of hydrogen-bond acceptors (Lipinski definition) is 2. The van der Waals surface area contributed by atoms with Crippen molar-refractivity contribution in [1.29, 1.82) is 0 Å². The molecule has 1 aromatic carbocycles. The summed E-state index contributed by atoms with van der Waals surface area (Å²) < 4.78 is 39.0. The van der Waals surface area contributed by atoms with Crippen LogP contribution in [-0.4, -0.2) is 14.6 Å². The third kappa shape index (κ3) is 2.34. The molecule has 7 heteroatoms. The van der Waals surface area contributed by atoms with Gasteiger partial charge in [-0.05, 0) is 18.2 Å². The van der Waals surface area contributed by atoms with Crippen LogP contribution in [-0.2, 0) is 6.18 Å². The van der Waals surface area contributed by atoms with Crippen LogP contribution in [0.1, 0.15) is 5.56 Å². The first-order valence-corrected chi connectivity index (χ1v) is 6.01. The van der Waals surface area contributed by atoms with Gasteiger partial charge in [-0.2, -0.15) is 13.2 Å². The van der Waals surface area contributed by atoms with Gasteiger partial charge in [0.25, 0.3) is 0 Å². The van der Waals surface area contributed by atoms with Gasteiger partial charge in [-0.3, -0.25) is 0 Å². The average Bonchev–Trinajstić information content (AvgIpc) is 2.80. The highest BCUT2D eigenvalue weighted by Gasteiger charge is 2.30. The number of nitrogens with zero attached hydrogens (tertiary/aromatic N) is 3. The van der Waals surface area contributed by atoms with E-state index in [1.165, 1.54) is 16.6 Å². The zero-order valence-corrected chi connectivity index (χ0v) is 10.7. The summed E-state index contributed by atoms with van der Waals surface area (Å²) in [5, 5.41) is 4.70. The van der Waals surface area contributed by atoms with Crippen LogP contribution >= 0.6 is 11.6 Å². The summed E-state index contributed by atoms with van der Waals surface area (Å²) in [5.41, 5.74) is 0.346. The molecule has 3 rings (SSSR count). The van der Waals surface area contributed by atoms with Crippen molar-refractivity contribution in [2.24, 2.45) is 0 Å². The molecule has 0 spiro atoms. The van der Waals surface area contributed by atoms with Gasteiger partial charge in [0.05, 0.1) is 5.56 Å². The van der Waals surface area contributed by atoms with Crippen LogP contribution < -0.4 is 0 Å². The van der Waals surface area contributed by atoms with E-state index in [1.807, 2.05) is 0 Å². The third-order valence-electron chi connectivity index (χ3n) is 2.77. The number of hydrogen-bond donors (Lipinski definition) is 0. The van der Waals surface area contributed by atoms with Gasteiger partial charge in [0.1, 0.15) is 0 Å². The van der Waals surface area contributed by atoms with Crippen molar-refractivity contribution in [2.75, 3.05) is 0 Å². The Bertz CT molecular complexity index is 763. The third-order valence-corrected chi connectivity index (χ3v) is 3.01. The molecule has 0 amide bonds. The van der Waals surface area contributed by atoms with Gasteiger partial charge in [0.15, 0.2) is 11.5 Å². The zero-order chi connectivity index (χ0) is 14.3. The molecule has 0 unspecified atom stereocenters. The molecule has 0 N–H and O–H groups in total. The number of alkyl halides is 3. The van der Waals surface area contributed by atoms with Crippen LogP contribution in [0.25, 0.3) is 17.0 Å². The lowest BCUT2D eigenvalue weighted by Crippen LogP contribution is -2.04. The molecule has 0 atom stereocenters. The molecule has 0 saturated carbocycles. The number of rotatable bonds is 1. The van der Waals surface area contributed by atoms with E-state index >= 15 is 0 Å². The fourth-order valence-electron chi connectivity index (χ4n) is 1.79. The fourth-order valence-corrected chi connectivity index (χ4v) is 1.94. The first kappa shape index (κ1) is 12.9. The molecule has 0 aliphatic heterocycles. The molecule has 0 bridgehead atoms. The van der Waals surface area contributed by atoms with Gasteiger partial charge in [0.2, 0.25) is 0 Å². The minimum Gasteiger partial charge on any atom is -0.220 e. The lowest BCUT2D eigenvalue weighted by Gasteiger charge is -2.05. The van der Waals surface area contributed by atoms with Gasteiger partial charge in [-0.1, -0.05) is 23.7 Å². The summed E-state index contributed by atoms with van der Waals surface area (Å²) in [6, 6.07) is 7.99. The van der Waals surface area contributed by atoms with Crippen molar-refractivity contribution < 1.29 is 13.2 Å². The van der Waals surface area contributed by atoms with Crippen molar-refractivity contribution >= 4 is 17.2 Å². The number of pyridine rings is 1. The van der Waals surface area contributed by atoms with Crippen molar-refractivity contribution in [3.05, 3.63) is 53.2 Å². The SMILES string of the molecule is FC(F)(F)c1ccc(-c2nc3cc(Cl)ccn3n2)cc1. The first-order valence-electron chi connectivity index (χ1n) is 5.63. The monoisotopic (exact) mass is 297 g/mol. The van der Waals surface area contributed by atoms with E-state index in [0.717, 1.165) is 12.1 Å². The van der Waals surface area contributed by atoms with Gasteiger partial charge < -0.3 is 0 Å². The number of fused-ring (bicyclic) bond motifs is 1. The fraction of sp³-hybridized carbons (Fsp3) is 0.0769. The maximum absolute atomic E-state index is 12.5. The highest BCUT2D eigenvalue weighted by molar-refractivity contribution is 6.30. The molecule has 2 aromatic heterocycles. The smallest absolute Gasteiger partial charge is 0.220 e. The Hall–Kier alpha value is -2.08. The molecule has 0 fully saturated rings. The Morgan fingerprint density at radius 1 is 1.05 bits per heavy atom.